The largest absolute Gasteiger partial charge is 0.491 e. The molecule has 1 aliphatic heterocycles. The molecule has 1 aliphatic rings. The van der Waals surface area contributed by atoms with Crippen molar-refractivity contribution in [2.24, 2.45) is 0 Å². The van der Waals surface area contributed by atoms with Gasteiger partial charge in [-0.15, -0.1) is 0 Å². The molecule has 0 amide bonds. The van der Waals surface area contributed by atoms with E-state index in [4.69, 9.17) is 4.65 Å². The molecule has 0 saturated carbocycles. The fraction of sp³-hybridized carbons (Fsp3) is 0.300. The highest BCUT2D eigenvalue weighted by atomic mass is 16.5. The highest BCUT2D eigenvalue weighted by Gasteiger charge is 2.34. The first-order valence-corrected chi connectivity index (χ1v) is 4.80. The number of carbonyl (C=O) groups excluding carboxylic acids is 1. The van der Waals surface area contributed by atoms with Crippen LogP contribution in [0.5, 0.6) is 0 Å². The van der Waals surface area contributed by atoms with Gasteiger partial charge in [0.15, 0.2) is 0 Å². The molecule has 15 heavy (non-hydrogen) atoms. The number of hydrogen-bond acceptors (Lipinski definition) is 4. The molecule has 0 spiro atoms. The van der Waals surface area contributed by atoms with E-state index in [1.165, 1.54) is 0 Å². The minimum absolute atomic E-state index is 0.184. The van der Waals surface area contributed by atoms with Crippen molar-refractivity contribution in [2.75, 3.05) is 6.61 Å². The second-order valence-corrected chi connectivity index (χ2v) is 3.36. The molecule has 1 unspecified atom stereocenters. The Morgan fingerprint density at radius 3 is 3.13 bits per heavy atom. The Morgan fingerprint density at radius 1 is 1.53 bits per heavy atom. The molecule has 0 aromatic heterocycles. The molecule has 1 aromatic rings. The normalized spacial score (nSPS) is 18.7. The zero-order valence-electron chi connectivity index (χ0n) is 8.13. The molecule has 4 nitrogen and oxygen atoms in total. The van der Waals surface area contributed by atoms with Gasteiger partial charge in [0, 0.05) is 6.42 Å². The lowest BCUT2D eigenvalue weighted by Gasteiger charge is -2.10. The molecule has 0 bridgehead atoms. The second kappa shape index (κ2) is 4.46. The molecule has 0 aliphatic carbocycles. The van der Waals surface area contributed by atoms with E-state index in [1.807, 2.05) is 24.3 Å². The van der Waals surface area contributed by atoms with Gasteiger partial charge in [0.1, 0.15) is 0 Å². The summed E-state index contributed by atoms with van der Waals surface area (Å²) in [6, 6.07) is 7.50. The lowest BCUT2D eigenvalue weighted by atomic mass is 9.79. The summed E-state index contributed by atoms with van der Waals surface area (Å²) in [6.45, 7) is 0.715. The molecule has 0 saturated heterocycles. The van der Waals surface area contributed by atoms with Gasteiger partial charge in [-0.1, -0.05) is 24.3 Å². The fourth-order valence-corrected chi connectivity index (χ4v) is 1.78. The van der Waals surface area contributed by atoms with Gasteiger partial charge in [-0.05, 0) is 11.0 Å². The van der Waals surface area contributed by atoms with Gasteiger partial charge in [-0.3, -0.25) is 4.79 Å². The van der Waals surface area contributed by atoms with E-state index in [2.05, 4.69) is 4.74 Å². The minimum atomic E-state index is -0.859. The maximum Gasteiger partial charge on any atom is 0.491 e. The van der Waals surface area contributed by atoms with Crippen molar-refractivity contribution in [1.29, 1.82) is 0 Å². The highest BCUT2D eigenvalue weighted by molar-refractivity contribution is 6.61. The summed E-state index contributed by atoms with van der Waals surface area (Å²) in [5.41, 5.74) is 1.77. The van der Waals surface area contributed by atoms with Gasteiger partial charge in [0.2, 0.25) is 0 Å². The number of carbonyl (C=O) groups is 1. The molecule has 0 radical (unpaired) electrons. The molecular formula is C10H11BO4. The van der Waals surface area contributed by atoms with Crippen LogP contribution in [0.15, 0.2) is 24.3 Å². The van der Waals surface area contributed by atoms with Crippen LogP contribution in [0.3, 0.4) is 0 Å². The monoisotopic (exact) mass is 206 g/mol. The summed E-state index contributed by atoms with van der Waals surface area (Å²) >= 11 is 0. The SMILES string of the molecule is O=COCCC1OB(O)c2ccccc21. The van der Waals surface area contributed by atoms with Crippen LogP contribution in [0.4, 0.5) is 0 Å². The number of ether oxygens (including phenoxy) is 1. The van der Waals surface area contributed by atoms with Crippen LogP contribution in [0.1, 0.15) is 18.1 Å². The van der Waals surface area contributed by atoms with E-state index in [1.54, 1.807) is 0 Å². The predicted molar refractivity (Wildman–Crippen MR) is 54.5 cm³/mol. The number of hydrogen-bond donors (Lipinski definition) is 1. The van der Waals surface area contributed by atoms with Crippen LogP contribution in [0.25, 0.3) is 0 Å². The third-order valence-electron chi connectivity index (χ3n) is 2.47. The van der Waals surface area contributed by atoms with E-state index in [-0.39, 0.29) is 6.10 Å². The summed E-state index contributed by atoms with van der Waals surface area (Å²) in [5.74, 6) is 0. The van der Waals surface area contributed by atoms with E-state index in [0.717, 1.165) is 11.0 Å². The summed E-state index contributed by atoms with van der Waals surface area (Å²) < 4.78 is 9.94. The minimum Gasteiger partial charge on any atom is -0.468 e. The Balaban J connectivity index is 2.07. The highest BCUT2D eigenvalue weighted by Crippen LogP contribution is 2.25. The molecule has 78 valence electrons. The standard InChI is InChI=1S/C10H11BO4/c12-7-14-6-5-10-8-3-1-2-4-9(8)11(13)15-10/h1-4,7,10,13H,5-6H2. The maximum absolute atomic E-state index is 9.98. The van der Waals surface area contributed by atoms with Crippen LogP contribution >= 0.6 is 0 Å². The second-order valence-electron chi connectivity index (χ2n) is 3.36. The zero-order chi connectivity index (χ0) is 10.7. The summed E-state index contributed by atoms with van der Waals surface area (Å²) in [7, 11) is -0.859. The van der Waals surface area contributed by atoms with E-state index in [9.17, 15) is 9.82 Å². The number of benzene rings is 1. The summed E-state index contributed by atoms with van der Waals surface area (Å²) in [4.78, 5) is 9.98. The van der Waals surface area contributed by atoms with Gasteiger partial charge in [0.05, 0.1) is 12.7 Å². The van der Waals surface area contributed by atoms with Crippen molar-refractivity contribution in [3.8, 4) is 0 Å². The third-order valence-corrected chi connectivity index (χ3v) is 2.47. The lowest BCUT2D eigenvalue weighted by molar-refractivity contribution is -0.129. The summed E-state index contributed by atoms with van der Waals surface area (Å²) in [6.07, 6.45) is 0.378. The van der Waals surface area contributed by atoms with E-state index >= 15 is 0 Å². The number of fused-ring (bicyclic) bond motifs is 1. The van der Waals surface area contributed by atoms with Crippen LogP contribution in [-0.2, 0) is 14.2 Å². The topological polar surface area (TPSA) is 55.8 Å². The third kappa shape index (κ3) is 2.03. The molecule has 0 fully saturated rings. The zero-order valence-corrected chi connectivity index (χ0v) is 8.13. The lowest BCUT2D eigenvalue weighted by Crippen LogP contribution is -2.27. The van der Waals surface area contributed by atoms with E-state index in [0.29, 0.717) is 19.5 Å². The molecule has 1 N–H and O–H groups in total. The Hall–Kier alpha value is -1.33. The Morgan fingerprint density at radius 2 is 2.33 bits per heavy atom. The van der Waals surface area contributed by atoms with Crippen molar-refractivity contribution in [3.63, 3.8) is 0 Å². The van der Waals surface area contributed by atoms with Crippen LogP contribution < -0.4 is 5.46 Å². The average molecular weight is 206 g/mol. The first-order chi connectivity index (χ1) is 7.33. The van der Waals surface area contributed by atoms with Crippen molar-refractivity contribution in [3.05, 3.63) is 29.8 Å². The molecule has 1 atom stereocenters. The van der Waals surface area contributed by atoms with Gasteiger partial charge in [0.25, 0.3) is 6.47 Å². The number of rotatable bonds is 4. The van der Waals surface area contributed by atoms with Crippen LogP contribution in [0, 0.1) is 0 Å². The van der Waals surface area contributed by atoms with Crippen molar-refractivity contribution in [2.45, 2.75) is 12.5 Å². The van der Waals surface area contributed by atoms with Gasteiger partial charge in [-0.25, -0.2) is 0 Å². The Labute approximate surface area is 88.0 Å². The smallest absolute Gasteiger partial charge is 0.468 e. The van der Waals surface area contributed by atoms with E-state index < -0.39 is 7.12 Å². The van der Waals surface area contributed by atoms with Gasteiger partial charge < -0.3 is 14.4 Å². The van der Waals surface area contributed by atoms with Crippen LogP contribution in [-0.4, -0.2) is 25.2 Å². The first kappa shape index (κ1) is 10.2. The quantitative estimate of drug-likeness (QED) is 0.428. The molecule has 2 rings (SSSR count). The van der Waals surface area contributed by atoms with Crippen molar-refractivity contribution < 1.29 is 19.2 Å². The van der Waals surface area contributed by atoms with Gasteiger partial charge in [-0.2, -0.15) is 0 Å². The van der Waals surface area contributed by atoms with Crippen LogP contribution in [0.2, 0.25) is 0 Å². The van der Waals surface area contributed by atoms with Gasteiger partial charge >= 0.3 is 7.12 Å². The molecule has 5 heteroatoms. The Kier molecular flexibility index (Phi) is 3.04. The molecule has 1 heterocycles. The average Bonchev–Trinajstić information content (AvgIpc) is 2.58. The van der Waals surface area contributed by atoms with Crippen molar-refractivity contribution >= 4 is 19.1 Å². The predicted octanol–water partition coefficient (Wildman–Crippen LogP) is 0.00850. The first-order valence-electron chi connectivity index (χ1n) is 4.80. The Bertz CT molecular complexity index is 355. The van der Waals surface area contributed by atoms with Crippen molar-refractivity contribution in [1.82, 2.24) is 0 Å². The molecule has 1 aromatic carbocycles. The maximum atomic E-state index is 9.98. The summed E-state index contributed by atoms with van der Waals surface area (Å²) in [5, 5.41) is 9.58. The molecular weight excluding hydrogens is 195 g/mol. The fourth-order valence-electron chi connectivity index (χ4n) is 1.78.